The number of hydrogen-bond acceptors (Lipinski definition) is 4. The second kappa shape index (κ2) is 12.2. The van der Waals surface area contributed by atoms with E-state index in [0.717, 1.165) is 34.2 Å². The van der Waals surface area contributed by atoms with Gasteiger partial charge in [-0.3, -0.25) is 4.79 Å². The minimum Gasteiger partial charge on any atom is -0.480 e. The molecule has 0 heterocycles. The molecule has 1 unspecified atom stereocenters. The van der Waals surface area contributed by atoms with E-state index in [0.29, 0.717) is 6.42 Å². The molecule has 7 nitrogen and oxygen atoms in total. The van der Waals surface area contributed by atoms with Crippen LogP contribution in [0.25, 0.3) is 11.1 Å². The van der Waals surface area contributed by atoms with Crippen molar-refractivity contribution in [2.45, 2.75) is 64.5 Å². The highest BCUT2D eigenvalue weighted by Gasteiger charge is 2.29. The van der Waals surface area contributed by atoms with Crippen molar-refractivity contribution in [2.24, 2.45) is 0 Å². The Hall–Kier alpha value is -3.61. The van der Waals surface area contributed by atoms with E-state index in [9.17, 15) is 19.5 Å². The van der Waals surface area contributed by atoms with E-state index in [-0.39, 0.29) is 25.4 Å². The average molecular weight is 479 g/mol. The van der Waals surface area contributed by atoms with E-state index in [1.165, 1.54) is 0 Å². The van der Waals surface area contributed by atoms with Gasteiger partial charge in [0, 0.05) is 18.4 Å². The molecule has 7 heteroatoms. The first kappa shape index (κ1) is 26.0. The summed E-state index contributed by atoms with van der Waals surface area (Å²) < 4.78 is 5.60. The number of fused-ring (bicyclic) bond motifs is 3. The molecule has 0 aromatic heterocycles. The van der Waals surface area contributed by atoms with Crippen LogP contribution in [0.5, 0.6) is 0 Å². The monoisotopic (exact) mass is 478 g/mol. The van der Waals surface area contributed by atoms with Crippen molar-refractivity contribution in [3.05, 3.63) is 71.3 Å². The Morgan fingerprint density at radius 2 is 1.60 bits per heavy atom. The molecule has 0 radical (unpaired) electrons. The Labute approximate surface area is 206 Å². The molecule has 1 aliphatic rings. The predicted octanol–water partition coefficient (Wildman–Crippen LogP) is 5.01. The summed E-state index contributed by atoms with van der Waals surface area (Å²) in [6.07, 6.45) is 2.71. The fourth-order valence-corrected chi connectivity index (χ4v) is 4.43. The second-order valence-corrected chi connectivity index (χ2v) is 9.14. The molecule has 2 aromatic rings. The third-order valence-corrected chi connectivity index (χ3v) is 6.13. The zero-order valence-electron chi connectivity index (χ0n) is 20.5. The van der Waals surface area contributed by atoms with Crippen molar-refractivity contribution in [3.63, 3.8) is 0 Å². The van der Waals surface area contributed by atoms with E-state index in [4.69, 9.17) is 4.74 Å². The van der Waals surface area contributed by atoms with Gasteiger partial charge in [-0.2, -0.15) is 0 Å². The standard InChI is InChI=1S/C28H34N2O5/c1-4-9-19(16-26(31)30-25(27(32)33)15-14-18(2)3)29-28(34)35-17-24-22-12-7-5-10-20(22)21-11-6-8-13-23(21)24/h5-8,10-14,19,24-25H,4,9,15-17H2,1-3H3,(H,29,34)(H,30,31)(H,32,33)/t19-,25?/m1/s1. The van der Waals surface area contributed by atoms with Crippen LogP contribution in [0.3, 0.4) is 0 Å². The van der Waals surface area contributed by atoms with Crippen LogP contribution in [-0.4, -0.2) is 41.8 Å². The number of benzene rings is 2. The number of carboxylic acids is 1. The summed E-state index contributed by atoms with van der Waals surface area (Å²) in [6.45, 7) is 5.89. The number of carbonyl (C=O) groups is 3. The van der Waals surface area contributed by atoms with Gasteiger partial charge in [0.1, 0.15) is 12.6 Å². The molecule has 0 bridgehead atoms. The van der Waals surface area contributed by atoms with E-state index in [2.05, 4.69) is 34.9 Å². The average Bonchev–Trinajstić information content (AvgIpc) is 3.14. The Bertz CT molecular complexity index is 1040. The molecular formula is C28H34N2O5. The molecular weight excluding hydrogens is 444 g/mol. The second-order valence-electron chi connectivity index (χ2n) is 9.14. The summed E-state index contributed by atoms with van der Waals surface area (Å²) in [5.74, 6) is -1.56. The molecule has 2 aromatic carbocycles. The Kier molecular flexibility index (Phi) is 9.06. The van der Waals surface area contributed by atoms with Crippen LogP contribution in [-0.2, 0) is 14.3 Å². The van der Waals surface area contributed by atoms with E-state index < -0.39 is 30.1 Å². The number of allylic oxidation sites excluding steroid dienone is 1. The van der Waals surface area contributed by atoms with E-state index in [1.54, 1.807) is 6.08 Å². The first-order valence-electron chi connectivity index (χ1n) is 12.1. The topological polar surface area (TPSA) is 105 Å². The Morgan fingerprint density at radius 3 is 2.14 bits per heavy atom. The molecule has 2 amide bonds. The van der Waals surface area contributed by atoms with Crippen molar-refractivity contribution in [3.8, 4) is 11.1 Å². The zero-order chi connectivity index (χ0) is 25.4. The van der Waals surface area contributed by atoms with Crippen LogP contribution >= 0.6 is 0 Å². The first-order chi connectivity index (χ1) is 16.8. The van der Waals surface area contributed by atoms with Crippen molar-refractivity contribution < 1.29 is 24.2 Å². The lowest BCUT2D eigenvalue weighted by Crippen LogP contribution is -2.44. The van der Waals surface area contributed by atoms with Gasteiger partial charge >= 0.3 is 12.1 Å². The minimum absolute atomic E-state index is 0.0172. The Balaban J connectivity index is 1.58. The van der Waals surface area contributed by atoms with Crippen LogP contribution < -0.4 is 10.6 Å². The number of carbonyl (C=O) groups excluding carboxylic acids is 2. The lowest BCUT2D eigenvalue weighted by Gasteiger charge is -2.20. The van der Waals surface area contributed by atoms with Crippen molar-refractivity contribution >= 4 is 18.0 Å². The number of alkyl carbamates (subject to hydrolysis) is 1. The van der Waals surface area contributed by atoms with E-state index in [1.807, 2.05) is 45.0 Å². The third kappa shape index (κ3) is 6.94. The molecule has 0 saturated heterocycles. The highest BCUT2D eigenvalue weighted by molar-refractivity contribution is 5.84. The molecule has 186 valence electrons. The Morgan fingerprint density at radius 1 is 1.00 bits per heavy atom. The maximum Gasteiger partial charge on any atom is 0.407 e. The van der Waals surface area contributed by atoms with Gasteiger partial charge in [0.2, 0.25) is 5.91 Å². The van der Waals surface area contributed by atoms with Gasteiger partial charge in [-0.05, 0) is 48.9 Å². The lowest BCUT2D eigenvalue weighted by molar-refractivity contribution is -0.141. The minimum atomic E-state index is -1.09. The molecule has 0 aliphatic heterocycles. The molecule has 3 N–H and O–H groups in total. The molecule has 35 heavy (non-hydrogen) atoms. The number of nitrogens with one attached hydrogen (secondary N) is 2. The normalized spacial score (nSPS) is 13.7. The summed E-state index contributed by atoms with van der Waals surface area (Å²) in [5.41, 5.74) is 5.54. The van der Waals surface area contributed by atoms with E-state index >= 15 is 0 Å². The van der Waals surface area contributed by atoms with Crippen LogP contribution in [0.1, 0.15) is 63.5 Å². The fourth-order valence-electron chi connectivity index (χ4n) is 4.43. The molecule has 0 saturated carbocycles. The quantitative estimate of drug-likeness (QED) is 0.394. The fraction of sp³-hybridized carbons (Fsp3) is 0.393. The lowest BCUT2D eigenvalue weighted by atomic mass is 9.98. The van der Waals surface area contributed by atoms with Gasteiger partial charge in [0.25, 0.3) is 0 Å². The van der Waals surface area contributed by atoms with Gasteiger partial charge in [0.05, 0.1) is 0 Å². The summed E-state index contributed by atoms with van der Waals surface area (Å²) in [7, 11) is 0. The van der Waals surface area contributed by atoms with Gasteiger partial charge < -0.3 is 20.5 Å². The molecule has 3 rings (SSSR count). The SMILES string of the molecule is CCC[C@H](CC(=O)NC(CC=C(C)C)C(=O)O)NC(=O)OCC1c2ccccc2-c2ccccc21. The van der Waals surface area contributed by atoms with Gasteiger partial charge in [-0.15, -0.1) is 0 Å². The van der Waals surface area contributed by atoms with Crippen LogP contribution in [0, 0.1) is 0 Å². The maximum atomic E-state index is 12.6. The summed E-state index contributed by atoms with van der Waals surface area (Å²) in [5, 5.41) is 14.7. The largest absolute Gasteiger partial charge is 0.480 e. The molecule has 2 atom stereocenters. The highest BCUT2D eigenvalue weighted by Crippen LogP contribution is 2.44. The van der Waals surface area contributed by atoms with Crippen LogP contribution in [0.15, 0.2) is 60.2 Å². The number of carboxylic acid groups (broad SMARTS) is 1. The zero-order valence-corrected chi connectivity index (χ0v) is 20.5. The predicted molar refractivity (Wildman–Crippen MR) is 135 cm³/mol. The number of ether oxygens (including phenoxy) is 1. The molecule has 1 aliphatic carbocycles. The smallest absolute Gasteiger partial charge is 0.407 e. The van der Waals surface area contributed by atoms with Gasteiger partial charge in [0.15, 0.2) is 0 Å². The summed E-state index contributed by atoms with van der Waals surface area (Å²) >= 11 is 0. The van der Waals surface area contributed by atoms with Crippen molar-refractivity contribution in [1.82, 2.24) is 10.6 Å². The molecule has 0 spiro atoms. The number of rotatable bonds is 11. The molecule has 0 fully saturated rings. The van der Waals surface area contributed by atoms with Gasteiger partial charge in [-0.25, -0.2) is 9.59 Å². The number of amides is 2. The van der Waals surface area contributed by atoms with Crippen LogP contribution in [0.4, 0.5) is 4.79 Å². The first-order valence-corrected chi connectivity index (χ1v) is 12.1. The maximum absolute atomic E-state index is 12.6. The van der Waals surface area contributed by atoms with Crippen molar-refractivity contribution in [1.29, 1.82) is 0 Å². The van der Waals surface area contributed by atoms with Crippen molar-refractivity contribution in [2.75, 3.05) is 6.61 Å². The summed E-state index contributed by atoms with van der Waals surface area (Å²) in [4.78, 5) is 36.6. The van der Waals surface area contributed by atoms with Crippen LogP contribution in [0.2, 0.25) is 0 Å². The number of hydrogen-bond donors (Lipinski definition) is 3. The summed E-state index contributed by atoms with van der Waals surface area (Å²) in [6, 6.07) is 14.8. The number of aliphatic carboxylic acids is 1. The third-order valence-electron chi connectivity index (χ3n) is 6.13. The highest BCUT2D eigenvalue weighted by atomic mass is 16.5. The van der Waals surface area contributed by atoms with Gasteiger partial charge in [-0.1, -0.05) is 73.5 Å².